The second-order valence-corrected chi connectivity index (χ2v) is 6.00. The van der Waals surface area contributed by atoms with Crippen molar-refractivity contribution in [3.05, 3.63) is 34.1 Å². The molecule has 124 valence electrons. The Balaban J connectivity index is 1.86. The quantitative estimate of drug-likeness (QED) is 0.737. The van der Waals surface area contributed by atoms with E-state index in [4.69, 9.17) is 4.74 Å². The fourth-order valence-electron chi connectivity index (χ4n) is 2.22. The maximum Gasteiger partial charge on any atom is 0.341 e. The van der Waals surface area contributed by atoms with Gasteiger partial charge in [0.15, 0.2) is 6.61 Å². The minimum atomic E-state index is -0.889. The van der Waals surface area contributed by atoms with Gasteiger partial charge in [-0.2, -0.15) is 0 Å². The van der Waals surface area contributed by atoms with E-state index < -0.39 is 18.4 Å². The van der Waals surface area contributed by atoms with E-state index in [9.17, 15) is 18.8 Å². The van der Waals surface area contributed by atoms with Crippen molar-refractivity contribution in [3.8, 4) is 0 Å². The molecule has 0 spiro atoms. The molecule has 0 aromatic heterocycles. The second-order valence-electron chi connectivity index (χ2n) is 5.09. The van der Waals surface area contributed by atoms with Crippen LogP contribution in [-0.2, 0) is 14.3 Å². The summed E-state index contributed by atoms with van der Waals surface area (Å²) in [4.78, 5) is 38.2. The molecule has 0 unspecified atom stereocenters. The van der Waals surface area contributed by atoms with E-state index in [1.165, 1.54) is 24.0 Å². The largest absolute Gasteiger partial charge is 0.452 e. The van der Waals surface area contributed by atoms with Gasteiger partial charge in [-0.25, -0.2) is 9.18 Å². The van der Waals surface area contributed by atoms with E-state index in [2.05, 4.69) is 15.9 Å². The first-order valence-corrected chi connectivity index (χ1v) is 7.83. The maximum atomic E-state index is 13.6. The molecule has 1 fully saturated rings. The standard InChI is InChI=1S/C15H16BrFN2O4/c1-10(20)18-4-6-19(7-5-18)14(21)9-23-15(22)12-8-11(16)2-3-13(12)17/h2-3,8H,4-7,9H2,1H3. The molecule has 1 aromatic rings. The number of esters is 1. The van der Waals surface area contributed by atoms with Gasteiger partial charge >= 0.3 is 5.97 Å². The van der Waals surface area contributed by atoms with E-state index >= 15 is 0 Å². The fraction of sp³-hybridized carbons (Fsp3) is 0.400. The molecule has 0 radical (unpaired) electrons. The third kappa shape index (κ3) is 4.51. The average molecular weight is 387 g/mol. The SMILES string of the molecule is CC(=O)N1CCN(C(=O)COC(=O)c2cc(Br)ccc2F)CC1. The minimum Gasteiger partial charge on any atom is -0.452 e. The van der Waals surface area contributed by atoms with E-state index in [0.29, 0.717) is 30.7 Å². The number of piperazine rings is 1. The van der Waals surface area contributed by atoms with Gasteiger partial charge in [-0.15, -0.1) is 0 Å². The number of carbonyl (C=O) groups excluding carboxylic acids is 3. The first-order valence-electron chi connectivity index (χ1n) is 7.04. The molecule has 0 saturated carbocycles. The van der Waals surface area contributed by atoms with Gasteiger partial charge in [0.2, 0.25) is 5.91 Å². The van der Waals surface area contributed by atoms with Gasteiger partial charge in [0.1, 0.15) is 5.82 Å². The molecule has 23 heavy (non-hydrogen) atoms. The van der Waals surface area contributed by atoms with Crippen molar-refractivity contribution in [2.24, 2.45) is 0 Å². The number of ether oxygens (including phenoxy) is 1. The highest BCUT2D eigenvalue weighted by molar-refractivity contribution is 9.10. The lowest BCUT2D eigenvalue weighted by Crippen LogP contribution is -2.51. The van der Waals surface area contributed by atoms with E-state index in [0.717, 1.165) is 6.07 Å². The number of rotatable bonds is 3. The molecular formula is C15H16BrFN2O4. The molecule has 0 N–H and O–H groups in total. The molecule has 0 bridgehead atoms. The van der Waals surface area contributed by atoms with Crippen molar-refractivity contribution < 1.29 is 23.5 Å². The zero-order chi connectivity index (χ0) is 17.0. The summed E-state index contributed by atoms with van der Waals surface area (Å²) in [5.41, 5.74) is -0.228. The Hall–Kier alpha value is -1.96. The van der Waals surface area contributed by atoms with Crippen LogP contribution < -0.4 is 0 Å². The van der Waals surface area contributed by atoms with E-state index in [1.807, 2.05) is 0 Å². The van der Waals surface area contributed by atoms with Crippen molar-refractivity contribution in [1.29, 1.82) is 0 Å². The Morgan fingerprint density at radius 2 is 1.78 bits per heavy atom. The van der Waals surface area contributed by atoms with Crippen molar-refractivity contribution >= 4 is 33.7 Å². The third-order valence-electron chi connectivity index (χ3n) is 3.55. The molecule has 1 aliphatic heterocycles. The van der Waals surface area contributed by atoms with Gasteiger partial charge in [0.25, 0.3) is 5.91 Å². The topological polar surface area (TPSA) is 66.9 Å². The van der Waals surface area contributed by atoms with E-state index in [-0.39, 0.29) is 17.4 Å². The van der Waals surface area contributed by atoms with Gasteiger partial charge in [0.05, 0.1) is 5.56 Å². The van der Waals surface area contributed by atoms with Crippen molar-refractivity contribution in [1.82, 2.24) is 9.80 Å². The maximum absolute atomic E-state index is 13.6. The molecule has 1 saturated heterocycles. The van der Waals surface area contributed by atoms with Gasteiger partial charge in [0, 0.05) is 37.6 Å². The van der Waals surface area contributed by atoms with Crippen LogP contribution >= 0.6 is 15.9 Å². The Kier molecular flexibility index (Phi) is 5.70. The normalized spacial score (nSPS) is 14.6. The van der Waals surface area contributed by atoms with Crippen LogP contribution in [0.15, 0.2) is 22.7 Å². The van der Waals surface area contributed by atoms with Gasteiger partial charge < -0.3 is 14.5 Å². The highest BCUT2D eigenvalue weighted by Crippen LogP contribution is 2.16. The summed E-state index contributed by atoms with van der Waals surface area (Å²) in [7, 11) is 0. The molecule has 0 aliphatic carbocycles. The number of benzene rings is 1. The lowest BCUT2D eigenvalue weighted by atomic mass is 10.2. The predicted molar refractivity (Wildman–Crippen MR) is 83.2 cm³/mol. The summed E-state index contributed by atoms with van der Waals surface area (Å²) < 4.78 is 19.0. The Morgan fingerprint density at radius 3 is 2.39 bits per heavy atom. The molecule has 0 atom stereocenters. The number of hydrogen-bond donors (Lipinski definition) is 0. The van der Waals surface area contributed by atoms with Crippen LogP contribution in [0.4, 0.5) is 4.39 Å². The van der Waals surface area contributed by atoms with Crippen LogP contribution in [0.1, 0.15) is 17.3 Å². The first-order chi connectivity index (χ1) is 10.9. The molecule has 1 aromatic carbocycles. The molecule has 6 nitrogen and oxygen atoms in total. The molecular weight excluding hydrogens is 371 g/mol. The number of halogens is 2. The zero-order valence-corrected chi connectivity index (χ0v) is 14.1. The van der Waals surface area contributed by atoms with Gasteiger partial charge in [-0.1, -0.05) is 15.9 Å². The minimum absolute atomic E-state index is 0.0337. The lowest BCUT2D eigenvalue weighted by Gasteiger charge is -2.34. The Morgan fingerprint density at radius 1 is 1.17 bits per heavy atom. The molecule has 1 heterocycles. The van der Waals surface area contributed by atoms with Crippen LogP contribution in [0, 0.1) is 5.82 Å². The average Bonchev–Trinajstić information content (AvgIpc) is 2.54. The van der Waals surface area contributed by atoms with Crippen LogP contribution in [0.3, 0.4) is 0 Å². The zero-order valence-electron chi connectivity index (χ0n) is 12.6. The molecule has 8 heteroatoms. The molecule has 1 aliphatic rings. The third-order valence-corrected chi connectivity index (χ3v) is 4.05. The number of hydrogen-bond acceptors (Lipinski definition) is 4. The molecule has 2 rings (SSSR count). The van der Waals surface area contributed by atoms with Crippen LogP contribution in [0.2, 0.25) is 0 Å². The van der Waals surface area contributed by atoms with Crippen molar-refractivity contribution in [2.75, 3.05) is 32.8 Å². The van der Waals surface area contributed by atoms with Gasteiger partial charge in [-0.3, -0.25) is 9.59 Å². The number of amides is 2. The smallest absolute Gasteiger partial charge is 0.341 e. The lowest BCUT2D eigenvalue weighted by molar-refractivity contribution is -0.140. The number of nitrogens with zero attached hydrogens (tertiary/aromatic N) is 2. The predicted octanol–water partition coefficient (Wildman–Crippen LogP) is 1.44. The Labute approximate surface area is 141 Å². The first kappa shape index (κ1) is 17.4. The summed E-state index contributed by atoms with van der Waals surface area (Å²) >= 11 is 3.14. The van der Waals surface area contributed by atoms with Gasteiger partial charge in [-0.05, 0) is 18.2 Å². The highest BCUT2D eigenvalue weighted by atomic mass is 79.9. The second kappa shape index (κ2) is 7.54. The highest BCUT2D eigenvalue weighted by Gasteiger charge is 2.23. The monoisotopic (exact) mass is 386 g/mol. The number of carbonyl (C=O) groups is 3. The summed E-state index contributed by atoms with van der Waals surface area (Å²) in [6.07, 6.45) is 0. The summed E-state index contributed by atoms with van der Waals surface area (Å²) in [5, 5.41) is 0. The Bertz CT molecular complexity index is 630. The van der Waals surface area contributed by atoms with Crippen molar-refractivity contribution in [3.63, 3.8) is 0 Å². The summed E-state index contributed by atoms with van der Waals surface area (Å²) in [6, 6.07) is 3.91. The fourth-order valence-corrected chi connectivity index (χ4v) is 2.58. The summed E-state index contributed by atoms with van der Waals surface area (Å²) in [6.45, 7) is 2.71. The van der Waals surface area contributed by atoms with Crippen molar-refractivity contribution in [2.45, 2.75) is 6.92 Å². The van der Waals surface area contributed by atoms with Crippen LogP contribution in [0.5, 0.6) is 0 Å². The van der Waals surface area contributed by atoms with E-state index in [1.54, 1.807) is 4.90 Å². The van der Waals surface area contributed by atoms with Crippen LogP contribution in [-0.4, -0.2) is 60.4 Å². The van der Waals surface area contributed by atoms with Crippen LogP contribution in [0.25, 0.3) is 0 Å². The molecule has 2 amide bonds. The summed E-state index contributed by atoms with van der Waals surface area (Å²) in [5.74, 6) is -1.99.